The minimum absolute atomic E-state index is 0.125. The Hall–Kier alpha value is -1.81. The normalized spacial score (nSPS) is 11.1. The lowest BCUT2D eigenvalue weighted by Gasteiger charge is -2.27. The van der Waals surface area contributed by atoms with E-state index in [0.29, 0.717) is 12.6 Å². The second-order valence-electron chi connectivity index (χ2n) is 4.63. The average Bonchev–Trinajstić information content (AvgIpc) is 2.35. The van der Waals surface area contributed by atoms with Crippen molar-refractivity contribution in [3.05, 3.63) is 30.3 Å². The first-order valence-electron chi connectivity index (χ1n) is 6.15. The van der Waals surface area contributed by atoms with Gasteiger partial charge >= 0.3 is 0 Å². The van der Waals surface area contributed by atoms with E-state index in [0.717, 1.165) is 22.4 Å². The second-order valence-corrected chi connectivity index (χ2v) is 4.63. The van der Waals surface area contributed by atoms with Gasteiger partial charge in [-0.2, -0.15) is 0 Å². The van der Waals surface area contributed by atoms with E-state index >= 15 is 0 Å². The Kier molecular flexibility index (Phi) is 3.67. The first-order valence-corrected chi connectivity index (χ1v) is 6.15. The molecule has 0 aliphatic rings. The van der Waals surface area contributed by atoms with Gasteiger partial charge in [-0.05, 0) is 44.2 Å². The standard InChI is InChI=1S/C14H19N3O/c1-10(2)17(7-8-18)14-6-3-11-9-12(15)4-5-13(11)16-14/h3-6,9-10,18H,7-8,15H2,1-2H3. The van der Waals surface area contributed by atoms with Gasteiger partial charge in [-0.1, -0.05) is 0 Å². The van der Waals surface area contributed by atoms with Gasteiger partial charge in [0.1, 0.15) is 5.82 Å². The number of fused-ring (bicyclic) bond motifs is 1. The van der Waals surface area contributed by atoms with Crippen molar-refractivity contribution in [2.24, 2.45) is 0 Å². The fourth-order valence-electron chi connectivity index (χ4n) is 2.04. The van der Waals surface area contributed by atoms with E-state index in [9.17, 15) is 0 Å². The molecule has 0 fully saturated rings. The van der Waals surface area contributed by atoms with Crippen molar-refractivity contribution < 1.29 is 5.11 Å². The van der Waals surface area contributed by atoms with E-state index in [1.165, 1.54) is 0 Å². The molecule has 3 N–H and O–H groups in total. The molecule has 4 nitrogen and oxygen atoms in total. The third kappa shape index (κ3) is 2.54. The molecule has 0 aliphatic carbocycles. The van der Waals surface area contributed by atoms with Gasteiger partial charge in [0.25, 0.3) is 0 Å². The molecule has 1 aromatic heterocycles. The molecule has 1 aromatic carbocycles. The third-order valence-electron chi connectivity index (χ3n) is 2.96. The summed E-state index contributed by atoms with van der Waals surface area (Å²) in [7, 11) is 0. The third-order valence-corrected chi connectivity index (χ3v) is 2.96. The van der Waals surface area contributed by atoms with Crippen LogP contribution in [0.4, 0.5) is 11.5 Å². The monoisotopic (exact) mass is 245 g/mol. The summed E-state index contributed by atoms with van der Waals surface area (Å²) in [6, 6.07) is 9.97. The summed E-state index contributed by atoms with van der Waals surface area (Å²) in [5.41, 5.74) is 7.41. The van der Waals surface area contributed by atoms with Crippen LogP contribution in [-0.4, -0.2) is 29.3 Å². The predicted molar refractivity (Wildman–Crippen MR) is 75.7 cm³/mol. The first kappa shape index (κ1) is 12.6. The number of rotatable bonds is 4. The van der Waals surface area contributed by atoms with E-state index in [1.807, 2.05) is 30.3 Å². The lowest BCUT2D eigenvalue weighted by atomic mass is 10.2. The summed E-state index contributed by atoms with van der Waals surface area (Å²) in [4.78, 5) is 6.69. The second kappa shape index (κ2) is 5.23. The van der Waals surface area contributed by atoms with Crippen LogP contribution in [0.5, 0.6) is 0 Å². The summed E-state index contributed by atoms with van der Waals surface area (Å²) in [5, 5.41) is 10.1. The molecule has 0 spiro atoms. The molecule has 0 unspecified atom stereocenters. The molecule has 1 heterocycles. The summed E-state index contributed by atoms with van der Waals surface area (Å²) < 4.78 is 0. The van der Waals surface area contributed by atoms with Crippen LogP contribution in [-0.2, 0) is 0 Å². The van der Waals surface area contributed by atoms with Crippen molar-refractivity contribution >= 4 is 22.4 Å². The Balaban J connectivity index is 2.42. The molecule has 0 saturated carbocycles. The van der Waals surface area contributed by atoms with Gasteiger partial charge in [-0.15, -0.1) is 0 Å². The Bertz CT molecular complexity index is 540. The number of benzene rings is 1. The van der Waals surface area contributed by atoms with Gasteiger partial charge in [0.05, 0.1) is 12.1 Å². The van der Waals surface area contributed by atoms with Crippen LogP contribution >= 0.6 is 0 Å². The van der Waals surface area contributed by atoms with Crippen LogP contribution in [0.25, 0.3) is 10.9 Å². The Morgan fingerprint density at radius 2 is 2.06 bits per heavy atom. The number of nitrogens with two attached hydrogens (primary N) is 1. The lowest BCUT2D eigenvalue weighted by Crippen LogP contribution is -2.34. The van der Waals surface area contributed by atoms with E-state index in [1.54, 1.807) is 0 Å². The molecule has 96 valence electrons. The summed E-state index contributed by atoms with van der Waals surface area (Å²) in [6.07, 6.45) is 0. The SMILES string of the molecule is CC(C)N(CCO)c1ccc2cc(N)ccc2n1. The van der Waals surface area contributed by atoms with Gasteiger partial charge in [-0.3, -0.25) is 0 Å². The van der Waals surface area contributed by atoms with Crippen molar-refractivity contribution in [3.63, 3.8) is 0 Å². The number of hydrogen-bond acceptors (Lipinski definition) is 4. The zero-order chi connectivity index (χ0) is 13.1. The average molecular weight is 245 g/mol. The smallest absolute Gasteiger partial charge is 0.129 e. The quantitative estimate of drug-likeness (QED) is 0.809. The van der Waals surface area contributed by atoms with Crippen LogP contribution in [0.3, 0.4) is 0 Å². The molecular weight excluding hydrogens is 226 g/mol. The molecular formula is C14H19N3O. The van der Waals surface area contributed by atoms with Crippen LogP contribution in [0.2, 0.25) is 0 Å². The highest BCUT2D eigenvalue weighted by Gasteiger charge is 2.11. The molecule has 0 aliphatic heterocycles. The highest BCUT2D eigenvalue weighted by molar-refractivity contribution is 5.83. The Morgan fingerprint density at radius 1 is 1.28 bits per heavy atom. The number of nitrogen functional groups attached to an aromatic ring is 1. The molecule has 4 heteroatoms. The number of aliphatic hydroxyl groups excluding tert-OH is 1. The topological polar surface area (TPSA) is 62.4 Å². The van der Waals surface area contributed by atoms with Crippen molar-refractivity contribution in [2.45, 2.75) is 19.9 Å². The van der Waals surface area contributed by atoms with Crippen molar-refractivity contribution in [2.75, 3.05) is 23.8 Å². The zero-order valence-corrected chi connectivity index (χ0v) is 10.8. The molecule has 0 bridgehead atoms. The number of aromatic nitrogens is 1. The van der Waals surface area contributed by atoms with Crippen LogP contribution in [0, 0.1) is 0 Å². The van der Waals surface area contributed by atoms with Gasteiger partial charge in [-0.25, -0.2) is 4.98 Å². The molecule has 18 heavy (non-hydrogen) atoms. The number of pyridine rings is 1. The highest BCUT2D eigenvalue weighted by Crippen LogP contribution is 2.21. The molecule has 0 saturated heterocycles. The lowest BCUT2D eigenvalue weighted by molar-refractivity contribution is 0.298. The number of nitrogens with zero attached hydrogens (tertiary/aromatic N) is 2. The highest BCUT2D eigenvalue weighted by atomic mass is 16.3. The summed E-state index contributed by atoms with van der Waals surface area (Å²) >= 11 is 0. The fourth-order valence-corrected chi connectivity index (χ4v) is 2.04. The Labute approximate surface area is 107 Å². The maximum atomic E-state index is 9.11. The summed E-state index contributed by atoms with van der Waals surface area (Å²) in [6.45, 7) is 4.89. The Morgan fingerprint density at radius 3 is 2.72 bits per heavy atom. The van der Waals surface area contributed by atoms with E-state index in [2.05, 4.69) is 23.7 Å². The largest absolute Gasteiger partial charge is 0.399 e. The number of hydrogen-bond donors (Lipinski definition) is 2. The maximum absolute atomic E-state index is 9.11. The first-order chi connectivity index (χ1) is 8.61. The number of anilines is 2. The van der Waals surface area contributed by atoms with Crippen molar-refractivity contribution in [1.29, 1.82) is 0 Å². The van der Waals surface area contributed by atoms with Crippen molar-refractivity contribution in [1.82, 2.24) is 4.98 Å². The van der Waals surface area contributed by atoms with Gasteiger partial charge in [0.2, 0.25) is 0 Å². The minimum Gasteiger partial charge on any atom is -0.399 e. The van der Waals surface area contributed by atoms with E-state index < -0.39 is 0 Å². The van der Waals surface area contributed by atoms with E-state index in [-0.39, 0.29) is 6.61 Å². The van der Waals surface area contributed by atoms with Gasteiger partial charge in [0.15, 0.2) is 0 Å². The van der Waals surface area contributed by atoms with Crippen LogP contribution in [0.15, 0.2) is 30.3 Å². The minimum atomic E-state index is 0.125. The molecule has 0 atom stereocenters. The molecule has 0 amide bonds. The predicted octanol–water partition coefficient (Wildman–Crippen LogP) is 2.02. The van der Waals surface area contributed by atoms with Crippen molar-refractivity contribution in [3.8, 4) is 0 Å². The maximum Gasteiger partial charge on any atom is 0.129 e. The molecule has 2 aromatic rings. The zero-order valence-electron chi connectivity index (χ0n) is 10.8. The molecule has 2 rings (SSSR count). The van der Waals surface area contributed by atoms with E-state index in [4.69, 9.17) is 10.8 Å². The van der Waals surface area contributed by atoms with Gasteiger partial charge in [0, 0.05) is 23.7 Å². The molecule has 0 radical (unpaired) electrons. The number of aliphatic hydroxyl groups is 1. The van der Waals surface area contributed by atoms with Crippen LogP contribution in [0.1, 0.15) is 13.8 Å². The summed E-state index contributed by atoms with van der Waals surface area (Å²) in [5.74, 6) is 0.885. The van der Waals surface area contributed by atoms with Gasteiger partial charge < -0.3 is 15.7 Å². The van der Waals surface area contributed by atoms with Crippen LogP contribution < -0.4 is 10.6 Å². The fraction of sp³-hybridized carbons (Fsp3) is 0.357.